The van der Waals surface area contributed by atoms with Crippen LogP contribution in [0.2, 0.25) is 0 Å². The number of benzene rings is 1. The number of carbonyl (C=O) groups excluding carboxylic acids is 2. The molecule has 0 unspecified atom stereocenters. The number of rotatable bonds is 3. The van der Waals surface area contributed by atoms with Crippen LogP contribution in [0.25, 0.3) is 0 Å². The number of alkyl halides is 3. The Morgan fingerprint density at radius 2 is 1.94 bits per heavy atom. The van der Waals surface area contributed by atoms with E-state index >= 15 is 0 Å². The van der Waals surface area contributed by atoms with Gasteiger partial charge >= 0.3 is 6.18 Å². The number of hydrogen-bond acceptors (Lipinski definition) is 5. The lowest BCUT2D eigenvalue weighted by atomic mass is 10.0. The molecular formula is C23H16F5N3O5. The molecule has 4 atom stereocenters. The number of pyridine rings is 1. The Bertz CT molecular complexity index is 1450. The van der Waals surface area contributed by atoms with Gasteiger partial charge in [0.05, 0.1) is 12.6 Å². The number of nitrogens with one attached hydrogen (secondary N) is 1. The van der Waals surface area contributed by atoms with Crippen molar-refractivity contribution in [1.29, 1.82) is 0 Å². The van der Waals surface area contributed by atoms with Gasteiger partial charge < -0.3 is 19.7 Å². The maximum absolute atomic E-state index is 14.1. The fourth-order valence-electron chi connectivity index (χ4n) is 5.28. The van der Waals surface area contributed by atoms with Crippen molar-refractivity contribution >= 4 is 11.8 Å². The highest BCUT2D eigenvalue weighted by molar-refractivity contribution is 6.00. The zero-order valence-corrected chi connectivity index (χ0v) is 18.1. The summed E-state index contributed by atoms with van der Waals surface area (Å²) >= 11 is 0. The van der Waals surface area contributed by atoms with E-state index in [9.17, 15) is 41.4 Å². The number of carbonyl (C=O) groups is 2. The van der Waals surface area contributed by atoms with Crippen LogP contribution < -0.4 is 10.7 Å². The Hall–Kier alpha value is -3.74. The van der Waals surface area contributed by atoms with Crippen LogP contribution in [0.3, 0.4) is 0 Å². The van der Waals surface area contributed by atoms with Gasteiger partial charge in [-0.25, -0.2) is 8.78 Å². The van der Waals surface area contributed by atoms with Gasteiger partial charge in [-0.05, 0) is 18.1 Å². The Morgan fingerprint density at radius 1 is 1.19 bits per heavy atom. The third-order valence-electron chi connectivity index (χ3n) is 7.00. The first-order valence-electron chi connectivity index (χ1n) is 11.0. The van der Waals surface area contributed by atoms with Crippen LogP contribution in [0.4, 0.5) is 22.0 Å². The van der Waals surface area contributed by atoms with Crippen molar-refractivity contribution in [3.05, 3.63) is 74.3 Å². The van der Waals surface area contributed by atoms with Gasteiger partial charge in [-0.1, -0.05) is 6.07 Å². The van der Waals surface area contributed by atoms with Gasteiger partial charge in [-0.2, -0.15) is 13.2 Å². The van der Waals surface area contributed by atoms with Crippen LogP contribution in [0.5, 0.6) is 5.75 Å². The highest BCUT2D eigenvalue weighted by Gasteiger charge is 2.56. The fourth-order valence-corrected chi connectivity index (χ4v) is 5.28. The summed E-state index contributed by atoms with van der Waals surface area (Å²) in [6, 6.07) is -1.56. The molecule has 1 saturated carbocycles. The number of ether oxygens (including phenoxy) is 1. The maximum Gasteiger partial charge on any atom is 0.412 e. The van der Waals surface area contributed by atoms with Crippen LogP contribution in [-0.2, 0) is 11.3 Å². The predicted octanol–water partition coefficient (Wildman–Crippen LogP) is 2.72. The first kappa shape index (κ1) is 22.7. The number of hydrogen-bond donors (Lipinski definition) is 2. The lowest BCUT2D eigenvalue weighted by Crippen LogP contribution is -2.53. The standard InChI is InChI=1S/C23H16F5N3O5/c24-8-1-2-9(13(25)3-8)20(23(26,27)28)29-21(34)12-6-30-7-16-31(22(35)17(30)19(33)18(12)32)14-5-15(36-16)11-4-10(11)14/h1-3,6,11,15-16,20,33H,4-5,7H2,(H,29,34)/t11-,15-,16+,20-/m0/s1. The van der Waals surface area contributed by atoms with Gasteiger partial charge in [0.25, 0.3) is 11.8 Å². The van der Waals surface area contributed by atoms with Crippen molar-refractivity contribution in [3.8, 4) is 5.75 Å². The number of aromatic hydroxyl groups is 1. The van der Waals surface area contributed by atoms with Crippen molar-refractivity contribution in [2.45, 2.75) is 43.9 Å². The zero-order chi connectivity index (χ0) is 25.7. The van der Waals surface area contributed by atoms with Crippen molar-refractivity contribution in [3.63, 3.8) is 0 Å². The maximum atomic E-state index is 14.1. The van der Waals surface area contributed by atoms with E-state index in [2.05, 4.69) is 0 Å². The third kappa shape index (κ3) is 3.25. The minimum Gasteiger partial charge on any atom is -0.503 e. The number of amides is 2. The summed E-state index contributed by atoms with van der Waals surface area (Å²) in [4.78, 5) is 40.1. The minimum absolute atomic E-state index is 0.0789. The van der Waals surface area contributed by atoms with E-state index in [1.54, 1.807) is 5.32 Å². The molecule has 36 heavy (non-hydrogen) atoms. The second-order valence-electron chi connectivity index (χ2n) is 9.13. The number of nitrogens with zero attached hydrogens (tertiary/aromatic N) is 2. The third-order valence-corrected chi connectivity index (χ3v) is 7.00. The topological polar surface area (TPSA) is 101 Å². The number of aromatic nitrogens is 1. The van der Waals surface area contributed by atoms with Crippen molar-refractivity contribution in [2.75, 3.05) is 0 Å². The van der Waals surface area contributed by atoms with E-state index in [1.807, 2.05) is 0 Å². The quantitative estimate of drug-likeness (QED) is 0.620. The average molecular weight is 509 g/mol. The largest absolute Gasteiger partial charge is 0.503 e. The first-order chi connectivity index (χ1) is 17.0. The molecule has 0 spiro atoms. The number of halogens is 5. The molecule has 2 aliphatic carbocycles. The zero-order valence-electron chi connectivity index (χ0n) is 18.1. The Morgan fingerprint density at radius 3 is 2.64 bits per heavy atom. The first-order valence-corrected chi connectivity index (χ1v) is 11.0. The molecule has 188 valence electrons. The van der Waals surface area contributed by atoms with E-state index in [0.717, 1.165) is 28.5 Å². The van der Waals surface area contributed by atoms with E-state index in [0.29, 0.717) is 18.6 Å². The molecule has 2 amide bonds. The lowest BCUT2D eigenvalue weighted by molar-refractivity contribution is -0.155. The van der Waals surface area contributed by atoms with E-state index < -0.39 is 69.9 Å². The summed E-state index contributed by atoms with van der Waals surface area (Å²) in [5, 5.41) is 12.1. The monoisotopic (exact) mass is 509 g/mol. The lowest BCUT2D eigenvalue weighted by Gasteiger charge is -2.43. The van der Waals surface area contributed by atoms with E-state index in [-0.39, 0.29) is 24.6 Å². The molecule has 13 heteroatoms. The molecule has 2 fully saturated rings. The van der Waals surface area contributed by atoms with Crippen molar-refractivity contribution in [2.24, 2.45) is 5.92 Å². The summed E-state index contributed by atoms with van der Waals surface area (Å²) in [6.45, 7) is -0.0789. The highest BCUT2D eigenvalue weighted by Crippen LogP contribution is 2.57. The van der Waals surface area contributed by atoms with Gasteiger partial charge in [0.1, 0.15) is 17.2 Å². The molecule has 1 aromatic carbocycles. The van der Waals surface area contributed by atoms with E-state index in [4.69, 9.17) is 4.74 Å². The van der Waals surface area contributed by atoms with Gasteiger partial charge in [0.15, 0.2) is 23.7 Å². The van der Waals surface area contributed by atoms with Crippen LogP contribution in [0.15, 0.2) is 40.5 Å². The summed E-state index contributed by atoms with van der Waals surface area (Å²) in [7, 11) is 0. The molecular weight excluding hydrogens is 493 g/mol. The Labute approximate surface area is 198 Å². The minimum atomic E-state index is -5.21. The molecule has 3 heterocycles. The molecule has 0 radical (unpaired) electrons. The molecule has 1 saturated heterocycles. The Kier molecular flexibility index (Phi) is 4.66. The molecule has 2 N–H and O–H groups in total. The van der Waals surface area contributed by atoms with Crippen LogP contribution in [-0.4, -0.2) is 44.9 Å². The SMILES string of the molecule is O=C(N[C@@H](c1ccc(F)cc1F)C(F)(F)F)c1cn2c(c(O)c1=O)C(=O)N1C3=C4C[C@@H]4[C@H](C3)O[C@@H]1C2. The summed E-state index contributed by atoms with van der Waals surface area (Å²) in [5.74, 6) is -5.83. The Balaban J connectivity index is 1.36. The van der Waals surface area contributed by atoms with Gasteiger partial charge in [-0.15, -0.1) is 0 Å². The highest BCUT2D eigenvalue weighted by atomic mass is 19.4. The van der Waals surface area contributed by atoms with Crippen LogP contribution >= 0.6 is 0 Å². The van der Waals surface area contributed by atoms with Crippen molar-refractivity contribution < 1.29 is 41.4 Å². The summed E-state index contributed by atoms with van der Waals surface area (Å²) in [6.07, 6.45) is -3.86. The molecule has 1 aromatic heterocycles. The predicted molar refractivity (Wildman–Crippen MR) is 110 cm³/mol. The fraction of sp³-hybridized carbons (Fsp3) is 0.348. The normalized spacial score (nSPS) is 24.8. The molecule has 6 rings (SSSR count). The van der Waals surface area contributed by atoms with Gasteiger partial charge in [0.2, 0.25) is 5.43 Å². The molecule has 4 aliphatic rings. The molecule has 2 aromatic rings. The van der Waals surface area contributed by atoms with Crippen LogP contribution in [0.1, 0.15) is 45.3 Å². The average Bonchev–Trinajstić information content (AvgIpc) is 3.54. The van der Waals surface area contributed by atoms with Gasteiger partial charge in [0, 0.05) is 35.9 Å². The molecule has 2 aliphatic heterocycles. The summed E-state index contributed by atoms with van der Waals surface area (Å²) < 4.78 is 75.4. The smallest absolute Gasteiger partial charge is 0.412 e. The van der Waals surface area contributed by atoms with Gasteiger partial charge in [-0.3, -0.25) is 19.3 Å². The molecule has 8 nitrogen and oxygen atoms in total. The summed E-state index contributed by atoms with van der Waals surface area (Å²) in [5.41, 5.74) is -1.85. The van der Waals surface area contributed by atoms with Crippen LogP contribution in [0, 0.1) is 17.6 Å². The second-order valence-corrected chi connectivity index (χ2v) is 9.13. The second kappa shape index (κ2) is 7.38. The van der Waals surface area contributed by atoms with E-state index in [1.165, 1.54) is 4.90 Å². The molecule has 2 bridgehead atoms. The van der Waals surface area contributed by atoms with Crippen molar-refractivity contribution in [1.82, 2.24) is 14.8 Å². The number of fused-ring (bicyclic) bond motifs is 7.